The van der Waals surface area contributed by atoms with Crippen LogP contribution in [0.3, 0.4) is 0 Å². The van der Waals surface area contributed by atoms with Crippen LogP contribution in [-0.4, -0.2) is 9.55 Å². The van der Waals surface area contributed by atoms with Crippen LogP contribution >= 0.6 is 11.6 Å². The zero-order valence-corrected chi connectivity index (χ0v) is 11.2. The van der Waals surface area contributed by atoms with Crippen molar-refractivity contribution in [2.24, 2.45) is 7.05 Å². The summed E-state index contributed by atoms with van der Waals surface area (Å²) in [6.07, 6.45) is 1.52. The lowest BCUT2D eigenvalue weighted by molar-refractivity contribution is 0.608. The maximum absolute atomic E-state index is 12.1. The summed E-state index contributed by atoms with van der Waals surface area (Å²) < 4.78 is 7.40. The van der Waals surface area contributed by atoms with Gasteiger partial charge in [0, 0.05) is 13.1 Å². The summed E-state index contributed by atoms with van der Waals surface area (Å²) in [5.41, 5.74) is 1.49. The van der Waals surface area contributed by atoms with E-state index in [4.69, 9.17) is 16.0 Å². The monoisotopic (exact) mass is 274 g/mol. The Morgan fingerprint density at radius 1 is 1.32 bits per heavy atom. The van der Waals surface area contributed by atoms with Gasteiger partial charge in [0.1, 0.15) is 10.7 Å². The van der Waals surface area contributed by atoms with Crippen LogP contribution in [0.1, 0.15) is 5.56 Å². The Morgan fingerprint density at radius 2 is 2.11 bits per heavy atom. The molecule has 3 rings (SSSR count). The maximum Gasteiger partial charge on any atom is 0.193 e. The highest BCUT2D eigenvalue weighted by atomic mass is 35.5. The number of aryl methyl sites for hydroxylation is 1. The Balaban J connectivity index is 2.30. The summed E-state index contributed by atoms with van der Waals surface area (Å²) >= 11 is 5.94. The minimum atomic E-state index is -0.0842. The second-order valence-corrected chi connectivity index (χ2v) is 4.83. The second-order valence-electron chi connectivity index (χ2n) is 4.44. The smallest absolute Gasteiger partial charge is 0.193 e. The van der Waals surface area contributed by atoms with Gasteiger partial charge in [0.15, 0.2) is 17.0 Å². The van der Waals surface area contributed by atoms with Gasteiger partial charge in [0.25, 0.3) is 0 Å². The fourth-order valence-electron chi connectivity index (χ4n) is 2.00. The van der Waals surface area contributed by atoms with Gasteiger partial charge in [-0.1, -0.05) is 23.2 Å². The minimum Gasteiger partial charge on any atom is -0.453 e. The number of fused-ring (bicyclic) bond motifs is 1. The summed E-state index contributed by atoms with van der Waals surface area (Å²) in [6.45, 7) is 1.94. The fraction of sp³-hybridized carbons (Fsp3) is 0.143. The first kappa shape index (κ1) is 12.0. The number of halogens is 1. The Hall–Kier alpha value is -2.07. The van der Waals surface area contributed by atoms with Gasteiger partial charge in [-0.3, -0.25) is 4.79 Å². The molecule has 0 fully saturated rings. The summed E-state index contributed by atoms with van der Waals surface area (Å²) in [5, 5.41) is 1.06. The lowest BCUT2D eigenvalue weighted by Gasteiger charge is -2.04. The quantitative estimate of drug-likeness (QED) is 0.685. The van der Waals surface area contributed by atoms with Gasteiger partial charge in [-0.2, -0.15) is 0 Å². The number of rotatable bonds is 1. The van der Waals surface area contributed by atoms with Crippen molar-refractivity contribution in [2.75, 3.05) is 0 Å². The Morgan fingerprint density at radius 3 is 2.79 bits per heavy atom. The van der Waals surface area contributed by atoms with Crippen LogP contribution in [0.25, 0.3) is 22.6 Å². The minimum absolute atomic E-state index is 0.0842. The summed E-state index contributed by atoms with van der Waals surface area (Å²) in [5.74, 6) is 0.945. The third kappa shape index (κ3) is 1.94. The standard InChI is InChI=1S/C14H11ClN2O2/c1-8-3-4-11-9(5-8)10(18)6-12(19-11)14-16-7-13(15)17(14)2/h3-7H,1-2H3. The molecule has 0 saturated heterocycles. The van der Waals surface area contributed by atoms with Crippen LogP contribution in [0.2, 0.25) is 5.15 Å². The average Bonchev–Trinajstić information content (AvgIpc) is 2.71. The molecular weight excluding hydrogens is 264 g/mol. The van der Waals surface area contributed by atoms with E-state index in [0.29, 0.717) is 27.7 Å². The number of nitrogens with zero attached hydrogens (tertiary/aromatic N) is 2. The van der Waals surface area contributed by atoms with Crippen LogP contribution in [0, 0.1) is 6.92 Å². The van der Waals surface area contributed by atoms with E-state index in [9.17, 15) is 4.79 Å². The highest BCUT2D eigenvalue weighted by Gasteiger charge is 2.12. The van der Waals surface area contributed by atoms with Gasteiger partial charge >= 0.3 is 0 Å². The third-order valence-electron chi connectivity index (χ3n) is 3.03. The average molecular weight is 275 g/mol. The van der Waals surface area contributed by atoms with E-state index in [1.807, 2.05) is 19.1 Å². The zero-order valence-electron chi connectivity index (χ0n) is 10.5. The van der Waals surface area contributed by atoms with Gasteiger partial charge in [-0.05, 0) is 19.1 Å². The SMILES string of the molecule is Cc1ccc2oc(-c3ncc(Cl)n3C)cc(=O)c2c1. The number of benzene rings is 1. The van der Waals surface area contributed by atoms with Crippen molar-refractivity contribution in [1.82, 2.24) is 9.55 Å². The molecule has 0 radical (unpaired) electrons. The van der Waals surface area contributed by atoms with Crippen molar-refractivity contribution in [3.05, 3.63) is 51.4 Å². The molecule has 5 heteroatoms. The molecule has 0 spiro atoms. The molecule has 0 unspecified atom stereocenters. The molecule has 1 aromatic carbocycles. The van der Waals surface area contributed by atoms with E-state index in [1.165, 1.54) is 12.3 Å². The van der Waals surface area contributed by atoms with E-state index in [1.54, 1.807) is 17.7 Å². The molecule has 0 amide bonds. The molecular formula is C14H11ClN2O2. The zero-order chi connectivity index (χ0) is 13.6. The Labute approximate surface area is 114 Å². The van der Waals surface area contributed by atoms with Gasteiger partial charge in [0.2, 0.25) is 0 Å². The van der Waals surface area contributed by atoms with Crippen molar-refractivity contribution in [3.8, 4) is 11.6 Å². The van der Waals surface area contributed by atoms with Crippen molar-refractivity contribution in [3.63, 3.8) is 0 Å². The van der Waals surface area contributed by atoms with E-state index in [2.05, 4.69) is 4.98 Å². The third-order valence-corrected chi connectivity index (χ3v) is 3.39. The molecule has 19 heavy (non-hydrogen) atoms. The fourth-order valence-corrected chi connectivity index (χ4v) is 2.13. The molecule has 0 aliphatic carbocycles. The van der Waals surface area contributed by atoms with E-state index < -0.39 is 0 Å². The molecule has 2 heterocycles. The molecule has 0 aliphatic rings. The van der Waals surface area contributed by atoms with Crippen LogP contribution in [0.4, 0.5) is 0 Å². The molecule has 0 saturated carbocycles. The molecule has 4 nitrogen and oxygen atoms in total. The molecule has 0 aliphatic heterocycles. The lowest BCUT2D eigenvalue weighted by Crippen LogP contribution is -2.02. The van der Waals surface area contributed by atoms with Crippen LogP contribution in [0.5, 0.6) is 0 Å². The maximum atomic E-state index is 12.1. The lowest BCUT2D eigenvalue weighted by atomic mass is 10.1. The molecule has 0 atom stereocenters. The topological polar surface area (TPSA) is 48.0 Å². The van der Waals surface area contributed by atoms with E-state index >= 15 is 0 Å². The van der Waals surface area contributed by atoms with E-state index in [0.717, 1.165) is 5.56 Å². The highest BCUT2D eigenvalue weighted by Crippen LogP contribution is 2.23. The first-order valence-electron chi connectivity index (χ1n) is 5.78. The Bertz CT molecular complexity index is 833. The normalized spacial score (nSPS) is 11.1. The predicted molar refractivity (Wildman–Crippen MR) is 74.4 cm³/mol. The molecule has 3 aromatic rings. The molecule has 2 aromatic heterocycles. The van der Waals surface area contributed by atoms with Crippen LogP contribution in [-0.2, 0) is 7.05 Å². The molecule has 0 bridgehead atoms. The summed E-state index contributed by atoms with van der Waals surface area (Å²) in [6, 6.07) is 6.96. The largest absolute Gasteiger partial charge is 0.453 e. The van der Waals surface area contributed by atoms with Crippen LogP contribution < -0.4 is 5.43 Å². The predicted octanol–water partition coefficient (Wildman–Crippen LogP) is 3.16. The van der Waals surface area contributed by atoms with Crippen molar-refractivity contribution < 1.29 is 4.42 Å². The van der Waals surface area contributed by atoms with Crippen molar-refractivity contribution in [2.45, 2.75) is 6.92 Å². The molecule has 0 N–H and O–H groups in total. The van der Waals surface area contributed by atoms with Crippen LogP contribution in [0.15, 0.2) is 39.7 Å². The van der Waals surface area contributed by atoms with Gasteiger partial charge in [-0.15, -0.1) is 0 Å². The van der Waals surface area contributed by atoms with Crippen molar-refractivity contribution >= 4 is 22.6 Å². The number of hydrogen-bond donors (Lipinski definition) is 0. The summed E-state index contributed by atoms with van der Waals surface area (Å²) in [7, 11) is 1.77. The summed E-state index contributed by atoms with van der Waals surface area (Å²) in [4.78, 5) is 16.3. The Kier molecular flexibility index (Phi) is 2.68. The number of hydrogen-bond acceptors (Lipinski definition) is 3. The first-order chi connectivity index (χ1) is 9.06. The first-order valence-corrected chi connectivity index (χ1v) is 6.16. The highest BCUT2D eigenvalue weighted by molar-refractivity contribution is 6.29. The van der Waals surface area contributed by atoms with Gasteiger partial charge in [-0.25, -0.2) is 4.98 Å². The number of aromatic nitrogens is 2. The van der Waals surface area contributed by atoms with Gasteiger partial charge < -0.3 is 8.98 Å². The van der Waals surface area contributed by atoms with E-state index in [-0.39, 0.29) is 5.43 Å². The van der Waals surface area contributed by atoms with Gasteiger partial charge in [0.05, 0.1) is 11.6 Å². The molecule has 96 valence electrons. The van der Waals surface area contributed by atoms with Crippen molar-refractivity contribution in [1.29, 1.82) is 0 Å². The second kappa shape index (κ2) is 4.24. The number of imidazole rings is 1.